The summed E-state index contributed by atoms with van der Waals surface area (Å²) in [5.41, 5.74) is 2.05. The van der Waals surface area contributed by atoms with Gasteiger partial charge in [-0.2, -0.15) is 5.26 Å². The van der Waals surface area contributed by atoms with E-state index in [-0.39, 0.29) is 5.56 Å². The van der Waals surface area contributed by atoms with E-state index in [0.717, 1.165) is 12.1 Å². The van der Waals surface area contributed by atoms with Gasteiger partial charge in [-0.3, -0.25) is 9.89 Å². The zero-order valence-corrected chi connectivity index (χ0v) is 10.5. The highest BCUT2D eigenvalue weighted by Gasteiger charge is 2.07. The Morgan fingerprint density at radius 1 is 1.39 bits per heavy atom. The Balaban J connectivity index is 2.42. The Labute approximate surface area is 105 Å². The molecular formula is C14H15N3O. The number of nitrogens with one attached hydrogen (secondary N) is 1. The lowest BCUT2D eigenvalue weighted by molar-refractivity contribution is 0.628. The van der Waals surface area contributed by atoms with Crippen LogP contribution in [0, 0.1) is 17.2 Å². The van der Waals surface area contributed by atoms with Gasteiger partial charge in [-0.25, -0.2) is 4.68 Å². The maximum Gasteiger partial charge on any atom is 0.271 e. The molecule has 2 rings (SSSR count). The van der Waals surface area contributed by atoms with Crippen molar-refractivity contribution >= 4 is 0 Å². The van der Waals surface area contributed by atoms with Gasteiger partial charge in [0.25, 0.3) is 5.56 Å². The molecule has 0 fully saturated rings. The average Bonchev–Trinajstić information content (AvgIpc) is 2.69. The van der Waals surface area contributed by atoms with Crippen molar-refractivity contribution in [2.75, 3.05) is 0 Å². The first-order chi connectivity index (χ1) is 8.60. The molecule has 0 amide bonds. The van der Waals surface area contributed by atoms with E-state index >= 15 is 0 Å². The standard InChI is InChI=1S/C14H15N3O/c1-10(2)6-12-8-14(18)17(16-12)13-5-3-4-11(7-13)9-15/h3-5,7-8,10,16H,6H2,1-2H3. The van der Waals surface area contributed by atoms with Crippen molar-refractivity contribution in [2.24, 2.45) is 5.92 Å². The van der Waals surface area contributed by atoms with Crippen LogP contribution in [-0.2, 0) is 6.42 Å². The SMILES string of the molecule is CC(C)Cc1cc(=O)n(-c2cccc(C#N)c2)[nH]1. The number of aromatic nitrogens is 2. The van der Waals surface area contributed by atoms with Gasteiger partial charge in [-0.05, 0) is 30.5 Å². The van der Waals surface area contributed by atoms with E-state index in [0.29, 0.717) is 17.2 Å². The summed E-state index contributed by atoms with van der Waals surface area (Å²) in [7, 11) is 0. The number of nitrogens with zero attached hydrogens (tertiary/aromatic N) is 2. The van der Waals surface area contributed by atoms with Gasteiger partial charge in [-0.15, -0.1) is 0 Å². The quantitative estimate of drug-likeness (QED) is 0.895. The van der Waals surface area contributed by atoms with Crippen molar-refractivity contribution in [3.63, 3.8) is 0 Å². The second-order valence-electron chi connectivity index (χ2n) is 4.72. The van der Waals surface area contributed by atoms with Crippen LogP contribution in [0.4, 0.5) is 0 Å². The number of hydrogen-bond donors (Lipinski definition) is 1. The maximum atomic E-state index is 11.9. The Bertz CT molecular complexity index is 644. The lowest BCUT2D eigenvalue weighted by Crippen LogP contribution is -2.13. The Morgan fingerprint density at radius 2 is 2.17 bits per heavy atom. The van der Waals surface area contributed by atoms with E-state index in [1.165, 1.54) is 4.68 Å². The fraction of sp³-hybridized carbons (Fsp3) is 0.286. The summed E-state index contributed by atoms with van der Waals surface area (Å²) in [6, 6.07) is 10.7. The normalized spacial score (nSPS) is 10.6. The van der Waals surface area contributed by atoms with E-state index < -0.39 is 0 Å². The number of nitriles is 1. The zero-order valence-electron chi connectivity index (χ0n) is 10.5. The molecule has 0 aliphatic rings. The Kier molecular flexibility index (Phi) is 3.33. The van der Waals surface area contributed by atoms with E-state index in [4.69, 9.17) is 5.26 Å². The van der Waals surface area contributed by atoms with Crippen LogP contribution in [0.15, 0.2) is 35.1 Å². The molecule has 92 valence electrons. The minimum atomic E-state index is -0.0965. The second-order valence-corrected chi connectivity index (χ2v) is 4.72. The van der Waals surface area contributed by atoms with E-state index in [9.17, 15) is 4.79 Å². The number of H-pyrrole nitrogens is 1. The molecule has 0 bridgehead atoms. The third-order valence-corrected chi connectivity index (χ3v) is 2.64. The van der Waals surface area contributed by atoms with Crippen molar-refractivity contribution in [3.05, 3.63) is 51.9 Å². The second kappa shape index (κ2) is 4.92. The molecular weight excluding hydrogens is 226 g/mol. The van der Waals surface area contributed by atoms with Crippen molar-refractivity contribution in [1.82, 2.24) is 9.78 Å². The Morgan fingerprint density at radius 3 is 2.83 bits per heavy atom. The van der Waals surface area contributed by atoms with Gasteiger partial charge in [0.05, 0.1) is 17.3 Å². The Hall–Kier alpha value is -2.28. The summed E-state index contributed by atoms with van der Waals surface area (Å²) in [6.45, 7) is 4.21. The summed E-state index contributed by atoms with van der Waals surface area (Å²) in [6.07, 6.45) is 0.834. The highest BCUT2D eigenvalue weighted by Crippen LogP contribution is 2.09. The van der Waals surface area contributed by atoms with Gasteiger partial charge in [0.1, 0.15) is 0 Å². The number of rotatable bonds is 3. The molecule has 0 atom stereocenters. The lowest BCUT2D eigenvalue weighted by atomic mass is 10.1. The summed E-state index contributed by atoms with van der Waals surface area (Å²) in [4.78, 5) is 11.9. The summed E-state index contributed by atoms with van der Waals surface area (Å²) >= 11 is 0. The van der Waals surface area contributed by atoms with E-state index in [1.807, 2.05) is 0 Å². The largest absolute Gasteiger partial charge is 0.295 e. The van der Waals surface area contributed by atoms with Crippen LogP contribution >= 0.6 is 0 Å². The highest BCUT2D eigenvalue weighted by atomic mass is 16.1. The van der Waals surface area contributed by atoms with Crippen molar-refractivity contribution in [3.8, 4) is 11.8 Å². The maximum absolute atomic E-state index is 11.9. The minimum Gasteiger partial charge on any atom is -0.295 e. The predicted octanol–water partition coefficient (Wildman–Crippen LogP) is 2.24. The van der Waals surface area contributed by atoms with Gasteiger partial charge in [-0.1, -0.05) is 19.9 Å². The third kappa shape index (κ3) is 2.51. The summed E-state index contributed by atoms with van der Waals surface area (Å²) in [5.74, 6) is 0.488. The van der Waals surface area contributed by atoms with Crippen molar-refractivity contribution in [1.29, 1.82) is 5.26 Å². The van der Waals surface area contributed by atoms with Gasteiger partial charge < -0.3 is 0 Å². The van der Waals surface area contributed by atoms with E-state index in [1.54, 1.807) is 30.3 Å². The van der Waals surface area contributed by atoms with E-state index in [2.05, 4.69) is 25.0 Å². The van der Waals surface area contributed by atoms with Crippen molar-refractivity contribution in [2.45, 2.75) is 20.3 Å². The molecule has 1 aromatic carbocycles. The zero-order chi connectivity index (χ0) is 13.1. The first-order valence-corrected chi connectivity index (χ1v) is 5.91. The van der Waals surface area contributed by atoms with Crippen LogP contribution in [-0.4, -0.2) is 9.78 Å². The molecule has 4 heteroatoms. The third-order valence-electron chi connectivity index (χ3n) is 2.64. The number of hydrogen-bond acceptors (Lipinski definition) is 2. The minimum absolute atomic E-state index is 0.0965. The van der Waals surface area contributed by atoms with Crippen LogP contribution in [0.1, 0.15) is 25.1 Å². The average molecular weight is 241 g/mol. The molecule has 1 aromatic heterocycles. The van der Waals surface area contributed by atoms with Crippen LogP contribution in [0.3, 0.4) is 0 Å². The molecule has 1 N–H and O–H groups in total. The lowest BCUT2D eigenvalue weighted by Gasteiger charge is -2.03. The fourth-order valence-electron chi connectivity index (χ4n) is 1.90. The molecule has 0 saturated heterocycles. The molecule has 0 aliphatic carbocycles. The number of benzene rings is 1. The van der Waals surface area contributed by atoms with Gasteiger partial charge in [0.15, 0.2) is 0 Å². The topological polar surface area (TPSA) is 61.6 Å². The molecule has 2 aromatic rings. The van der Waals surface area contributed by atoms with Gasteiger partial charge >= 0.3 is 0 Å². The molecule has 4 nitrogen and oxygen atoms in total. The van der Waals surface area contributed by atoms with Gasteiger partial charge in [0, 0.05) is 11.8 Å². The molecule has 1 heterocycles. The van der Waals surface area contributed by atoms with Crippen molar-refractivity contribution < 1.29 is 0 Å². The smallest absolute Gasteiger partial charge is 0.271 e. The van der Waals surface area contributed by atoms with Crippen LogP contribution in [0.5, 0.6) is 0 Å². The first-order valence-electron chi connectivity index (χ1n) is 5.91. The molecule has 0 saturated carbocycles. The predicted molar refractivity (Wildman–Crippen MR) is 69.6 cm³/mol. The molecule has 18 heavy (non-hydrogen) atoms. The molecule has 0 radical (unpaired) electrons. The molecule has 0 unspecified atom stereocenters. The summed E-state index contributed by atoms with van der Waals surface area (Å²) in [5, 5.41) is 11.9. The summed E-state index contributed by atoms with van der Waals surface area (Å²) < 4.78 is 1.47. The fourth-order valence-corrected chi connectivity index (χ4v) is 1.90. The van der Waals surface area contributed by atoms with Crippen LogP contribution in [0.2, 0.25) is 0 Å². The van der Waals surface area contributed by atoms with Gasteiger partial charge in [0.2, 0.25) is 0 Å². The molecule has 0 aliphatic heterocycles. The monoisotopic (exact) mass is 241 g/mol. The first kappa shape index (κ1) is 12.2. The number of aromatic amines is 1. The molecule has 0 spiro atoms. The van der Waals surface area contributed by atoms with Crippen LogP contribution in [0.25, 0.3) is 5.69 Å². The van der Waals surface area contributed by atoms with Crippen LogP contribution < -0.4 is 5.56 Å². The highest BCUT2D eigenvalue weighted by molar-refractivity contribution is 5.40.